The number of nitrogens with zero attached hydrogens (tertiary/aromatic N) is 1. The number of amides is 1. The SMILES string of the molecule is CN(C)S(=O)(=O)c1cccc(NC(C)(C)CC(N)=O)c1N. The Kier molecular flexibility index (Phi) is 4.85. The number of benzene rings is 1. The molecule has 0 saturated carbocycles. The van der Waals surface area contributed by atoms with E-state index in [0.29, 0.717) is 5.69 Å². The van der Waals surface area contributed by atoms with E-state index >= 15 is 0 Å². The average Bonchev–Trinajstić information content (AvgIpc) is 2.29. The number of primary amides is 1. The summed E-state index contributed by atoms with van der Waals surface area (Å²) in [6.07, 6.45) is 0.0943. The third-order valence-corrected chi connectivity index (χ3v) is 4.79. The molecule has 0 heterocycles. The normalized spacial score (nSPS) is 12.4. The summed E-state index contributed by atoms with van der Waals surface area (Å²) in [6, 6.07) is 4.69. The molecule has 118 valence electrons. The van der Waals surface area contributed by atoms with Crippen LogP contribution < -0.4 is 16.8 Å². The summed E-state index contributed by atoms with van der Waals surface area (Å²) in [6.45, 7) is 3.56. The molecule has 0 atom stereocenters. The third kappa shape index (κ3) is 4.08. The monoisotopic (exact) mass is 314 g/mol. The molecule has 5 N–H and O–H groups in total. The van der Waals surface area contributed by atoms with Gasteiger partial charge in [0.2, 0.25) is 15.9 Å². The number of nitrogens with one attached hydrogen (secondary N) is 1. The van der Waals surface area contributed by atoms with Crippen LogP contribution in [0.25, 0.3) is 0 Å². The van der Waals surface area contributed by atoms with E-state index in [4.69, 9.17) is 11.5 Å². The Hall–Kier alpha value is -1.80. The van der Waals surface area contributed by atoms with Gasteiger partial charge in [-0.3, -0.25) is 4.79 Å². The highest BCUT2D eigenvalue weighted by atomic mass is 32.2. The van der Waals surface area contributed by atoms with E-state index in [9.17, 15) is 13.2 Å². The van der Waals surface area contributed by atoms with Gasteiger partial charge in [0.25, 0.3) is 0 Å². The summed E-state index contributed by atoms with van der Waals surface area (Å²) in [5, 5.41) is 3.06. The number of nitrogens with two attached hydrogens (primary N) is 2. The van der Waals surface area contributed by atoms with Crippen molar-refractivity contribution in [2.75, 3.05) is 25.1 Å². The van der Waals surface area contributed by atoms with E-state index in [0.717, 1.165) is 4.31 Å². The molecule has 8 heteroatoms. The van der Waals surface area contributed by atoms with Crippen LogP contribution in [0.4, 0.5) is 11.4 Å². The number of sulfonamides is 1. The molecular weight excluding hydrogens is 292 g/mol. The Balaban J connectivity index is 3.22. The fourth-order valence-corrected chi connectivity index (χ4v) is 2.95. The van der Waals surface area contributed by atoms with Gasteiger partial charge in [0.1, 0.15) is 4.90 Å². The van der Waals surface area contributed by atoms with E-state index in [1.165, 1.54) is 20.2 Å². The summed E-state index contributed by atoms with van der Waals surface area (Å²) in [5.74, 6) is -0.455. The highest BCUT2D eigenvalue weighted by Gasteiger charge is 2.25. The van der Waals surface area contributed by atoms with Crippen LogP contribution in [0.5, 0.6) is 0 Å². The average molecular weight is 314 g/mol. The molecule has 0 aliphatic heterocycles. The van der Waals surface area contributed by atoms with E-state index < -0.39 is 21.5 Å². The van der Waals surface area contributed by atoms with Crippen molar-refractivity contribution in [3.8, 4) is 0 Å². The van der Waals surface area contributed by atoms with E-state index in [1.807, 2.05) is 0 Å². The topological polar surface area (TPSA) is 119 Å². The van der Waals surface area contributed by atoms with Gasteiger partial charge in [0, 0.05) is 26.1 Å². The van der Waals surface area contributed by atoms with Crippen molar-refractivity contribution in [3.63, 3.8) is 0 Å². The van der Waals surface area contributed by atoms with Crippen LogP contribution in [0.2, 0.25) is 0 Å². The number of carbonyl (C=O) groups is 1. The molecule has 0 aliphatic rings. The van der Waals surface area contributed by atoms with Crippen LogP contribution in [-0.4, -0.2) is 38.3 Å². The third-order valence-electron chi connectivity index (χ3n) is 2.91. The van der Waals surface area contributed by atoms with Crippen LogP contribution in [0.1, 0.15) is 20.3 Å². The predicted molar refractivity (Wildman–Crippen MR) is 83.2 cm³/mol. The molecule has 0 spiro atoms. The van der Waals surface area contributed by atoms with Crippen LogP contribution in [0, 0.1) is 0 Å². The molecule has 0 aromatic heterocycles. The van der Waals surface area contributed by atoms with E-state index in [2.05, 4.69) is 5.32 Å². The van der Waals surface area contributed by atoms with Crippen molar-refractivity contribution >= 4 is 27.3 Å². The molecule has 7 nitrogen and oxygen atoms in total. The largest absolute Gasteiger partial charge is 0.396 e. The van der Waals surface area contributed by atoms with Gasteiger partial charge >= 0.3 is 0 Å². The first-order valence-corrected chi connectivity index (χ1v) is 7.79. The Morgan fingerprint density at radius 1 is 1.33 bits per heavy atom. The first-order chi connectivity index (χ1) is 9.47. The van der Waals surface area contributed by atoms with Crippen molar-refractivity contribution in [1.29, 1.82) is 0 Å². The molecule has 1 amide bonds. The number of nitrogen functional groups attached to an aromatic ring is 1. The lowest BCUT2D eigenvalue weighted by Crippen LogP contribution is -2.36. The molecule has 0 saturated heterocycles. The minimum atomic E-state index is -3.63. The van der Waals surface area contributed by atoms with Gasteiger partial charge in [0.05, 0.1) is 11.4 Å². The molecule has 0 unspecified atom stereocenters. The van der Waals surface area contributed by atoms with Crippen molar-refractivity contribution in [1.82, 2.24) is 4.31 Å². The van der Waals surface area contributed by atoms with Gasteiger partial charge in [-0.05, 0) is 26.0 Å². The quantitative estimate of drug-likeness (QED) is 0.664. The summed E-state index contributed by atoms with van der Waals surface area (Å²) in [5.41, 5.74) is 11.1. The zero-order chi connectivity index (χ0) is 16.4. The molecule has 0 radical (unpaired) electrons. The number of anilines is 2. The van der Waals surface area contributed by atoms with Gasteiger partial charge in [0.15, 0.2) is 0 Å². The van der Waals surface area contributed by atoms with Gasteiger partial charge in [-0.2, -0.15) is 0 Å². The van der Waals surface area contributed by atoms with Gasteiger partial charge in [-0.15, -0.1) is 0 Å². The minimum absolute atomic E-state index is 0.0207. The van der Waals surface area contributed by atoms with Crippen LogP contribution in [-0.2, 0) is 14.8 Å². The lowest BCUT2D eigenvalue weighted by atomic mass is 9.99. The van der Waals surface area contributed by atoms with E-state index in [1.54, 1.807) is 26.0 Å². The fraction of sp³-hybridized carbons (Fsp3) is 0.462. The standard InChI is InChI=1S/C13H22N4O3S/c1-13(2,8-11(14)18)16-9-6-5-7-10(12(9)15)21(19,20)17(3)4/h5-7,16H,8,15H2,1-4H3,(H2,14,18). The molecule has 21 heavy (non-hydrogen) atoms. The molecule has 1 aromatic rings. The highest BCUT2D eigenvalue weighted by Crippen LogP contribution is 2.30. The number of rotatable bonds is 6. The lowest BCUT2D eigenvalue weighted by molar-refractivity contribution is -0.118. The second-order valence-electron chi connectivity index (χ2n) is 5.66. The predicted octanol–water partition coefficient (Wildman–Crippen LogP) is 0.585. The van der Waals surface area contributed by atoms with Gasteiger partial charge in [-0.1, -0.05) is 6.07 Å². The lowest BCUT2D eigenvalue weighted by Gasteiger charge is -2.27. The van der Waals surface area contributed by atoms with Crippen LogP contribution in [0.3, 0.4) is 0 Å². The summed E-state index contributed by atoms with van der Waals surface area (Å²) < 4.78 is 25.5. The maximum Gasteiger partial charge on any atom is 0.244 e. The maximum absolute atomic E-state index is 12.2. The number of hydrogen-bond acceptors (Lipinski definition) is 5. The molecular formula is C13H22N4O3S. The molecule has 1 aromatic carbocycles. The van der Waals surface area contributed by atoms with Crippen molar-refractivity contribution < 1.29 is 13.2 Å². The van der Waals surface area contributed by atoms with Gasteiger partial charge in [-0.25, -0.2) is 12.7 Å². The van der Waals surface area contributed by atoms with Gasteiger partial charge < -0.3 is 16.8 Å². The van der Waals surface area contributed by atoms with Crippen LogP contribution in [0.15, 0.2) is 23.1 Å². The minimum Gasteiger partial charge on any atom is -0.396 e. The summed E-state index contributed by atoms with van der Waals surface area (Å²) in [7, 11) is -0.759. The number of para-hydroxylation sites is 1. The fourth-order valence-electron chi connectivity index (χ4n) is 1.92. The smallest absolute Gasteiger partial charge is 0.244 e. The van der Waals surface area contributed by atoms with Crippen LogP contribution >= 0.6 is 0 Å². The molecule has 0 bridgehead atoms. The van der Waals surface area contributed by atoms with Crippen molar-refractivity contribution in [2.45, 2.75) is 30.7 Å². The van der Waals surface area contributed by atoms with Crippen molar-refractivity contribution in [3.05, 3.63) is 18.2 Å². The number of hydrogen-bond donors (Lipinski definition) is 3. The Morgan fingerprint density at radius 3 is 2.38 bits per heavy atom. The Labute approximate surface area is 125 Å². The summed E-state index contributed by atoms with van der Waals surface area (Å²) >= 11 is 0. The van der Waals surface area contributed by atoms with E-state index in [-0.39, 0.29) is 17.0 Å². The Bertz CT molecular complexity index is 639. The Morgan fingerprint density at radius 2 is 1.90 bits per heavy atom. The summed E-state index contributed by atoms with van der Waals surface area (Å²) in [4.78, 5) is 11.1. The highest BCUT2D eigenvalue weighted by molar-refractivity contribution is 7.89. The number of carbonyl (C=O) groups excluding carboxylic acids is 1. The second-order valence-corrected chi connectivity index (χ2v) is 7.78. The maximum atomic E-state index is 12.2. The first-order valence-electron chi connectivity index (χ1n) is 6.35. The molecule has 1 rings (SSSR count). The van der Waals surface area contributed by atoms with Crippen molar-refractivity contribution in [2.24, 2.45) is 5.73 Å². The molecule has 0 fully saturated rings. The zero-order valence-electron chi connectivity index (χ0n) is 12.7. The second kappa shape index (κ2) is 5.90. The first kappa shape index (κ1) is 17.3. The zero-order valence-corrected chi connectivity index (χ0v) is 13.5. The molecule has 0 aliphatic carbocycles.